The summed E-state index contributed by atoms with van der Waals surface area (Å²) < 4.78 is 5.52. The molecule has 0 bridgehead atoms. The molecule has 1 aromatic carbocycles. The van der Waals surface area contributed by atoms with E-state index in [1.807, 2.05) is 6.07 Å². The second-order valence-corrected chi connectivity index (χ2v) is 3.74. The van der Waals surface area contributed by atoms with Crippen molar-refractivity contribution in [1.82, 2.24) is 9.97 Å². The molecule has 0 saturated carbocycles. The van der Waals surface area contributed by atoms with E-state index < -0.39 is 0 Å². The summed E-state index contributed by atoms with van der Waals surface area (Å²) in [4.78, 5) is 8.04. The van der Waals surface area contributed by atoms with E-state index in [0.717, 1.165) is 0 Å². The molecule has 18 heavy (non-hydrogen) atoms. The Morgan fingerprint density at radius 3 is 2.67 bits per heavy atom. The molecule has 0 fully saturated rings. The summed E-state index contributed by atoms with van der Waals surface area (Å²) in [5, 5.41) is 11.8. The molecule has 2 rings (SSSR count). The molecule has 0 unspecified atom stereocenters. The third-order valence-corrected chi connectivity index (χ3v) is 2.39. The van der Waals surface area contributed by atoms with E-state index in [9.17, 15) is 0 Å². The van der Waals surface area contributed by atoms with Crippen molar-refractivity contribution in [1.29, 1.82) is 5.26 Å². The van der Waals surface area contributed by atoms with E-state index in [0.29, 0.717) is 22.3 Å². The lowest BCUT2D eigenvalue weighted by Crippen LogP contribution is -1.98. The summed E-state index contributed by atoms with van der Waals surface area (Å²) in [6.07, 6.45) is 1.46. The molecule has 1 N–H and O–H groups in total. The maximum Gasteiger partial charge on any atom is 0.243 e. The molecular weight excluding hydrogens is 252 g/mol. The SMILES string of the molecule is CNc1ncc(Cl)c(Oc2ccc(C#N)cc2)n1. The summed E-state index contributed by atoms with van der Waals surface area (Å²) in [5.74, 6) is 1.24. The van der Waals surface area contributed by atoms with Crippen molar-refractivity contribution in [3.8, 4) is 17.7 Å². The third-order valence-electron chi connectivity index (χ3n) is 2.13. The van der Waals surface area contributed by atoms with E-state index in [4.69, 9.17) is 21.6 Å². The van der Waals surface area contributed by atoms with Crippen LogP contribution < -0.4 is 10.1 Å². The first-order valence-corrected chi connectivity index (χ1v) is 5.49. The molecule has 1 aromatic heterocycles. The normalized spacial score (nSPS) is 9.61. The zero-order valence-electron chi connectivity index (χ0n) is 9.51. The number of anilines is 1. The van der Waals surface area contributed by atoms with Crippen LogP contribution in [-0.4, -0.2) is 17.0 Å². The zero-order valence-corrected chi connectivity index (χ0v) is 10.3. The van der Waals surface area contributed by atoms with E-state index in [-0.39, 0.29) is 5.88 Å². The van der Waals surface area contributed by atoms with Gasteiger partial charge in [0.15, 0.2) is 0 Å². The number of hydrogen-bond acceptors (Lipinski definition) is 5. The second kappa shape index (κ2) is 5.34. The number of hydrogen-bond donors (Lipinski definition) is 1. The van der Waals surface area contributed by atoms with Gasteiger partial charge in [-0.05, 0) is 24.3 Å². The minimum Gasteiger partial charge on any atom is -0.437 e. The van der Waals surface area contributed by atoms with Crippen molar-refractivity contribution in [3.63, 3.8) is 0 Å². The van der Waals surface area contributed by atoms with Crippen molar-refractivity contribution in [3.05, 3.63) is 41.0 Å². The Labute approximate surface area is 109 Å². The number of aromatic nitrogens is 2. The first kappa shape index (κ1) is 12.1. The van der Waals surface area contributed by atoms with Crippen LogP contribution in [-0.2, 0) is 0 Å². The van der Waals surface area contributed by atoms with Gasteiger partial charge in [-0.15, -0.1) is 0 Å². The Kier molecular flexibility index (Phi) is 3.60. The Bertz CT molecular complexity index is 592. The lowest BCUT2D eigenvalue weighted by Gasteiger charge is -2.07. The van der Waals surface area contributed by atoms with Crippen LogP contribution in [0.15, 0.2) is 30.5 Å². The van der Waals surface area contributed by atoms with Crippen molar-refractivity contribution in [2.75, 3.05) is 12.4 Å². The summed E-state index contributed by atoms with van der Waals surface area (Å²) in [6, 6.07) is 8.70. The smallest absolute Gasteiger partial charge is 0.243 e. The van der Waals surface area contributed by atoms with Crippen molar-refractivity contribution in [2.45, 2.75) is 0 Å². The predicted molar refractivity (Wildman–Crippen MR) is 67.8 cm³/mol. The van der Waals surface area contributed by atoms with Crippen LogP contribution in [0.1, 0.15) is 5.56 Å². The Hall–Kier alpha value is -2.32. The maximum absolute atomic E-state index is 8.69. The lowest BCUT2D eigenvalue weighted by molar-refractivity contribution is 0.462. The monoisotopic (exact) mass is 260 g/mol. The van der Waals surface area contributed by atoms with Crippen molar-refractivity contribution < 1.29 is 4.74 Å². The molecule has 0 atom stereocenters. The topological polar surface area (TPSA) is 70.8 Å². The van der Waals surface area contributed by atoms with Crippen molar-refractivity contribution >= 4 is 17.5 Å². The minimum absolute atomic E-state index is 0.265. The average Bonchev–Trinajstić information content (AvgIpc) is 2.42. The molecule has 6 heteroatoms. The largest absolute Gasteiger partial charge is 0.437 e. The molecule has 0 aliphatic carbocycles. The van der Waals surface area contributed by atoms with Crippen LogP contribution in [0.2, 0.25) is 5.02 Å². The fraction of sp³-hybridized carbons (Fsp3) is 0.0833. The fourth-order valence-corrected chi connectivity index (χ4v) is 1.38. The number of ether oxygens (including phenoxy) is 1. The molecule has 0 radical (unpaired) electrons. The summed E-state index contributed by atoms with van der Waals surface area (Å²) in [7, 11) is 1.70. The van der Waals surface area contributed by atoms with Crippen LogP contribution in [0.5, 0.6) is 11.6 Å². The van der Waals surface area contributed by atoms with Gasteiger partial charge in [-0.3, -0.25) is 0 Å². The molecule has 2 aromatic rings. The highest BCUT2D eigenvalue weighted by atomic mass is 35.5. The third kappa shape index (κ3) is 2.67. The van der Waals surface area contributed by atoms with Crippen molar-refractivity contribution in [2.24, 2.45) is 0 Å². The summed E-state index contributed by atoms with van der Waals surface area (Å²) >= 11 is 5.93. The van der Waals surface area contributed by atoms with E-state index in [1.165, 1.54) is 6.20 Å². The molecular formula is C12H9ClN4O. The van der Waals surface area contributed by atoms with Gasteiger partial charge in [0.2, 0.25) is 11.8 Å². The first-order valence-electron chi connectivity index (χ1n) is 5.11. The van der Waals surface area contributed by atoms with Crippen LogP contribution in [0.4, 0.5) is 5.95 Å². The molecule has 1 heterocycles. The quantitative estimate of drug-likeness (QED) is 0.919. The van der Waals surface area contributed by atoms with Gasteiger partial charge in [0, 0.05) is 7.05 Å². The van der Waals surface area contributed by atoms with Gasteiger partial charge >= 0.3 is 0 Å². The first-order chi connectivity index (χ1) is 8.72. The highest BCUT2D eigenvalue weighted by Gasteiger charge is 2.07. The number of nitrogens with one attached hydrogen (secondary N) is 1. The van der Waals surface area contributed by atoms with Gasteiger partial charge in [-0.25, -0.2) is 4.98 Å². The van der Waals surface area contributed by atoms with Crippen LogP contribution in [0.25, 0.3) is 0 Å². The standard InChI is InChI=1S/C12H9ClN4O/c1-15-12-16-7-10(13)11(17-12)18-9-4-2-8(6-14)3-5-9/h2-5,7H,1H3,(H,15,16,17). The van der Waals surface area contributed by atoms with Gasteiger partial charge in [0.05, 0.1) is 17.8 Å². The maximum atomic E-state index is 8.69. The average molecular weight is 261 g/mol. The molecule has 5 nitrogen and oxygen atoms in total. The van der Waals surface area contributed by atoms with Gasteiger partial charge in [0.25, 0.3) is 0 Å². The predicted octanol–water partition coefficient (Wildman–Crippen LogP) is 2.84. The van der Waals surface area contributed by atoms with E-state index >= 15 is 0 Å². The summed E-state index contributed by atoms with van der Waals surface area (Å²) in [5.41, 5.74) is 0.562. The van der Waals surface area contributed by atoms with Crippen LogP contribution in [0.3, 0.4) is 0 Å². The number of nitriles is 1. The Balaban J connectivity index is 2.25. The molecule has 0 saturated heterocycles. The number of rotatable bonds is 3. The zero-order chi connectivity index (χ0) is 13.0. The Morgan fingerprint density at radius 2 is 2.06 bits per heavy atom. The van der Waals surface area contributed by atoms with Gasteiger partial charge in [-0.1, -0.05) is 11.6 Å². The molecule has 0 spiro atoms. The molecule has 0 aliphatic rings. The van der Waals surface area contributed by atoms with E-state index in [2.05, 4.69) is 15.3 Å². The molecule has 0 aliphatic heterocycles. The van der Waals surface area contributed by atoms with Gasteiger partial charge < -0.3 is 10.1 Å². The van der Waals surface area contributed by atoms with E-state index in [1.54, 1.807) is 31.3 Å². The summed E-state index contributed by atoms with van der Waals surface area (Å²) in [6.45, 7) is 0. The highest BCUT2D eigenvalue weighted by molar-refractivity contribution is 6.31. The van der Waals surface area contributed by atoms with Crippen LogP contribution >= 0.6 is 11.6 Å². The lowest BCUT2D eigenvalue weighted by atomic mass is 10.2. The van der Waals surface area contributed by atoms with Gasteiger partial charge in [0.1, 0.15) is 10.8 Å². The molecule has 0 amide bonds. The number of halogens is 1. The van der Waals surface area contributed by atoms with Crippen LogP contribution in [0, 0.1) is 11.3 Å². The fourth-order valence-electron chi connectivity index (χ4n) is 1.25. The number of nitrogens with zero attached hydrogens (tertiary/aromatic N) is 3. The molecule has 90 valence electrons. The van der Waals surface area contributed by atoms with Gasteiger partial charge in [-0.2, -0.15) is 10.2 Å². The highest BCUT2D eigenvalue weighted by Crippen LogP contribution is 2.27. The Morgan fingerprint density at radius 1 is 1.33 bits per heavy atom. The second-order valence-electron chi connectivity index (χ2n) is 3.33. The minimum atomic E-state index is 0.265. The number of benzene rings is 1.